The Morgan fingerprint density at radius 3 is 2.67 bits per heavy atom. The summed E-state index contributed by atoms with van der Waals surface area (Å²) in [5.41, 5.74) is 5.81. The van der Waals surface area contributed by atoms with Crippen LogP contribution in [0.4, 0.5) is 0 Å². The number of hydrogen-bond donors (Lipinski definition) is 1. The second kappa shape index (κ2) is 10.5. The van der Waals surface area contributed by atoms with E-state index in [1.165, 1.54) is 16.7 Å². The Bertz CT molecular complexity index is 1240. The molecule has 1 aromatic heterocycles. The molecule has 0 bridgehead atoms. The first-order chi connectivity index (χ1) is 17.3. The zero-order valence-corrected chi connectivity index (χ0v) is 22.6. The monoisotopic (exact) mass is 508 g/mol. The predicted octanol–water partition coefficient (Wildman–Crippen LogP) is 4.83. The van der Waals surface area contributed by atoms with Crippen molar-refractivity contribution < 1.29 is 14.7 Å². The molecule has 5 rings (SSSR count). The van der Waals surface area contributed by atoms with Crippen molar-refractivity contribution in [1.29, 1.82) is 0 Å². The average molecular weight is 509 g/mol. The zero-order chi connectivity index (χ0) is 25.4. The third kappa shape index (κ3) is 5.27. The van der Waals surface area contributed by atoms with Crippen LogP contribution in [0, 0.1) is 20.8 Å². The second-order valence-corrected chi connectivity index (χ2v) is 11.4. The van der Waals surface area contributed by atoms with E-state index < -0.39 is 12.3 Å². The second-order valence-electron chi connectivity index (χ2n) is 10.2. The van der Waals surface area contributed by atoms with Gasteiger partial charge in [0.05, 0.1) is 20.9 Å². The molecular weight excluding hydrogens is 472 g/mol. The Kier molecular flexibility index (Phi) is 7.30. The van der Waals surface area contributed by atoms with Gasteiger partial charge < -0.3 is 14.7 Å². The molecule has 2 aromatic carbocycles. The minimum atomic E-state index is -0.623. The molecule has 2 aliphatic heterocycles. The highest BCUT2D eigenvalue weighted by Crippen LogP contribution is 2.32. The Labute approximate surface area is 217 Å². The minimum absolute atomic E-state index is 0.00431. The largest absolute Gasteiger partial charge is 0.472 e. The van der Waals surface area contributed by atoms with Crippen molar-refractivity contribution in [3.8, 4) is 5.75 Å². The van der Waals surface area contributed by atoms with Crippen molar-refractivity contribution in [2.24, 2.45) is 5.16 Å². The number of oxime groups is 1. The summed E-state index contributed by atoms with van der Waals surface area (Å²) in [6.45, 7) is 13.6. The van der Waals surface area contributed by atoms with Crippen LogP contribution in [-0.2, 0) is 4.84 Å². The molecule has 8 heteroatoms. The summed E-state index contributed by atoms with van der Waals surface area (Å²) in [7, 11) is 0. The Balaban J connectivity index is 1.19. The molecule has 1 N–H and O–H groups in total. The van der Waals surface area contributed by atoms with Gasteiger partial charge in [-0.15, -0.1) is 11.3 Å². The molecule has 0 saturated carbocycles. The number of thiazole rings is 1. The number of aromatic nitrogens is 1. The number of ether oxygens (including phenoxy) is 1. The van der Waals surface area contributed by atoms with Crippen LogP contribution in [0.3, 0.4) is 0 Å². The minimum Gasteiger partial charge on any atom is -0.472 e. The number of rotatable bonds is 7. The summed E-state index contributed by atoms with van der Waals surface area (Å²) < 4.78 is 7.46. The van der Waals surface area contributed by atoms with E-state index >= 15 is 0 Å². The normalized spacial score (nSPS) is 22.9. The van der Waals surface area contributed by atoms with Gasteiger partial charge in [-0.1, -0.05) is 23.4 Å². The first kappa shape index (κ1) is 25.1. The molecule has 3 aromatic rings. The summed E-state index contributed by atoms with van der Waals surface area (Å²) >= 11 is 1.68. The first-order valence-electron chi connectivity index (χ1n) is 12.8. The third-order valence-corrected chi connectivity index (χ3v) is 8.22. The van der Waals surface area contributed by atoms with Crippen molar-refractivity contribution in [3.05, 3.63) is 58.1 Å². The summed E-state index contributed by atoms with van der Waals surface area (Å²) in [5.74, 6) is 0.740. The van der Waals surface area contributed by atoms with Crippen LogP contribution in [0.5, 0.6) is 5.75 Å². The van der Waals surface area contributed by atoms with Gasteiger partial charge in [0.25, 0.3) is 0 Å². The Hall–Kier alpha value is -2.52. The smallest absolute Gasteiger partial charge is 0.178 e. The lowest BCUT2D eigenvalue weighted by Gasteiger charge is -2.43. The van der Waals surface area contributed by atoms with Crippen LogP contribution in [-0.4, -0.2) is 70.2 Å². The molecular formula is C28H36N4O3S. The molecule has 4 atom stereocenters. The molecule has 0 spiro atoms. The standard InChI is InChI=1S/C28H36N4O3S/c1-17-7-6-8-18(2)27(17)25-13-22(30-35-25)16-31-11-12-32(15-19(31)3)28(20(4)33)34-23-9-10-26-24(14-23)29-21(5)36-26/h6-10,14,19-20,25,28,33H,11-13,15-16H2,1-5H3/t19-,20+,25?,28?/m0/s1. The molecule has 1 saturated heterocycles. The van der Waals surface area contributed by atoms with Crippen molar-refractivity contribution in [2.75, 3.05) is 26.2 Å². The summed E-state index contributed by atoms with van der Waals surface area (Å²) in [5, 5.41) is 16.1. The molecule has 0 aliphatic carbocycles. The van der Waals surface area contributed by atoms with E-state index in [0.717, 1.165) is 59.3 Å². The molecule has 0 radical (unpaired) electrons. The van der Waals surface area contributed by atoms with Crippen molar-refractivity contribution in [3.63, 3.8) is 0 Å². The van der Waals surface area contributed by atoms with Gasteiger partial charge in [0.15, 0.2) is 12.3 Å². The molecule has 3 heterocycles. The van der Waals surface area contributed by atoms with Crippen LogP contribution in [0.1, 0.15) is 48.1 Å². The van der Waals surface area contributed by atoms with E-state index in [2.05, 4.69) is 58.9 Å². The van der Waals surface area contributed by atoms with Crippen LogP contribution < -0.4 is 4.74 Å². The number of aryl methyl sites for hydroxylation is 3. The van der Waals surface area contributed by atoms with Gasteiger partial charge in [-0.2, -0.15) is 0 Å². The third-order valence-electron chi connectivity index (χ3n) is 7.27. The van der Waals surface area contributed by atoms with E-state index in [1.54, 1.807) is 18.3 Å². The molecule has 2 aliphatic rings. The van der Waals surface area contributed by atoms with Gasteiger partial charge >= 0.3 is 0 Å². The highest BCUT2D eigenvalue weighted by molar-refractivity contribution is 7.18. The average Bonchev–Trinajstić information content (AvgIpc) is 3.43. The number of aliphatic hydroxyl groups excluding tert-OH is 1. The molecule has 0 amide bonds. The van der Waals surface area contributed by atoms with E-state index in [4.69, 9.17) is 9.57 Å². The van der Waals surface area contributed by atoms with Crippen LogP contribution >= 0.6 is 11.3 Å². The number of fused-ring (bicyclic) bond motifs is 1. The van der Waals surface area contributed by atoms with E-state index in [1.807, 2.05) is 25.1 Å². The fourth-order valence-corrected chi connectivity index (χ4v) is 6.25. The molecule has 36 heavy (non-hydrogen) atoms. The predicted molar refractivity (Wildman–Crippen MR) is 145 cm³/mol. The molecule has 2 unspecified atom stereocenters. The first-order valence-corrected chi connectivity index (χ1v) is 13.6. The SMILES string of the molecule is Cc1nc2cc(OC([C@@H](C)O)N3CCN(CC4=NOC(c5c(C)cccc5C)C4)[C@@H](C)C3)ccc2s1. The fraction of sp³-hybridized carbons (Fsp3) is 0.500. The number of hydrogen-bond acceptors (Lipinski definition) is 8. The highest BCUT2D eigenvalue weighted by atomic mass is 32.1. The zero-order valence-electron chi connectivity index (χ0n) is 21.8. The lowest BCUT2D eigenvalue weighted by atomic mass is 9.95. The number of piperazine rings is 1. The highest BCUT2D eigenvalue weighted by Gasteiger charge is 2.34. The maximum Gasteiger partial charge on any atom is 0.178 e. The maximum atomic E-state index is 10.6. The number of nitrogens with zero attached hydrogens (tertiary/aromatic N) is 4. The fourth-order valence-electron chi connectivity index (χ4n) is 5.45. The topological polar surface area (TPSA) is 70.4 Å². The molecule has 1 fully saturated rings. The van der Waals surface area contributed by atoms with E-state index in [-0.39, 0.29) is 6.10 Å². The van der Waals surface area contributed by atoms with Gasteiger partial charge in [-0.05, 0) is 57.9 Å². The summed E-state index contributed by atoms with van der Waals surface area (Å²) in [4.78, 5) is 15.1. The number of benzene rings is 2. The van der Waals surface area contributed by atoms with Gasteiger partial charge in [0, 0.05) is 50.3 Å². The lowest BCUT2D eigenvalue weighted by molar-refractivity contribution is -0.0826. The summed E-state index contributed by atoms with van der Waals surface area (Å²) in [6, 6.07) is 12.7. The van der Waals surface area contributed by atoms with Crippen molar-refractivity contribution in [1.82, 2.24) is 14.8 Å². The van der Waals surface area contributed by atoms with E-state index in [0.29, 0.717) is 6.04 Å². The van der Waals surface area contributed by atoms with Gasteiger partial charge in [-0.3, -0.25) is 9.80 Å². The van der Waals surface area contributed by atoms with Gasteiger partial charge in [0.2, 0.25) is 0 Å². The maximum absolute atomic E-state index is 10.6. The Morgan fingerprint density at radius 2 is 1.94 bits per heavy atom. The van der Waals surface area contributed by atoms with Crippen molar-refractivity contribution >= 4 is 27.3 Å². The number of aliphatic hydroxyl groups is 1. The van der Waals surface area contributed by atoms with Crippen LogP contribution in [0.2, 0.25) is 0 Å². The Morgan fingerprint density at radius 1 is 1.17 bits per heavy atom. The van der Waals surface area contributed by atoms with Gasteiger partial charge in [-0.25, -0.2) is 4.98 Å². The van der Waals surface area contributed by atoms with Crippen LogP contribution in [0.15, 0.2) is 41.6 Å². The quantitative estimate of drug-likeness (QED) is 0.493. The van der Waals surface area contributed by atoms with E-state index in [9.17, 15) is 5.11 Å². The molecule has 192 valence electrons. The van der Waals surface area contributed by atoms with Crippen molar-refractivity contribution in [2.45, 2.75) is 65.5 Å². The lowest BCUT2D eigenvalue weighted by Crippen LogP contribution is -2.59. The summed E-state index contributed by atoms with van der Waals surface area (Å²) in [6.07, 6.45) is -0.198. The van der Waals surface area contributed by atoms with Crippen LogP contribution in [0.25, 0.3) is 10.2 Å². The van der Waals surface area contributed by atoms with Gasteiger partial charge in [0.1, 0.15) is 11.9 Å². The molecule has 7 nitrogen and oxygen atoms in total.